The van der Waals surface area contributed by atoms with Gasteiger partial charge in [-0.25, -0.2) is 28.5 Å². The number of nitrogens with zero attached hydrogens (tertiary/aromatic N) is 8. The minimum atomic E-state index is -0.624. The number of hydrogen-bond donors (Lipinski definition) is 4. The predicted molar refractivity (Wildman–Crippen MR) is 331 cm³/mol. The minimum absolute atomic E-state index is 0.0172. The van der Waals surface area contributed by atoms with Gasteiger partial charge < -0.3 is 54.4 Å². The molecule has 0 spiro atoms. The Bertz CT molecular complexity index is 2840. The first-order chi connectivity index (χ1) is 43.2. The van der Waals surface area contributed by atoms with Crippen molar-refractivity contribution in [2.24, 2.45) is 10.8 Å². The van der Waals surface area contributed by atoms with Crippen LogP contribution in [0, 0.1) is 10.8 Å². The monoisotopic (exact) mass is 1250 g/mol. The van der Waals surface area contributed by atoms with Crippen LogP contribution in [0.2, 0.25) is 0 Å². The van der Waals surface area contributed by atoms with Crippen molar-refractivity contribution in [1.82, 2.24) is 61.7 Å². The quantitative estimate of drug-likeness (QED) is 0.0171. The number of alkyl carbamates (subject to hydrolysis) is 2. The highest BCUT2D eigenvalue weighted by molar-refractivity contribution is 5.89. The SMILES string of the molecule is CC(C)(C)C(=O)N[C@H](COCc1ccccc1)c1nnnn1CCOC(=O)NCCCCOC(=O)c1ccccc1.CC(C)(C)C(=O)N[C@H](COCc1ccccc1)c1nnnn1CCOC(=O)NCCCCOC(=O)c1ccccc1.CCCCOC(C)=O. The number of nitrogens with one attached hydrogen (secondary N) is 4. The van der Waals surface area contributed by atoms with Crippen LogP contribution in [0.3, 0.4) is 0 Å². The molecule has 0 aliphatic heterocycles. The highest BCUT2D eigenvalue weighted by Gasteiger charge is 2.30. The average molecular weight is 1250 g/mol. The Morgan fingerprint density at radius 3 is 1.19 bits per heavy atom. The van der Waals surface area contributed by atoms with Gasteiger partial charge >= 0.3 is 30.1 Å². The van der Waals surface area contributed by atoms with Crippen LogP contribution in [0.25, 0.3) is 0 Å². The second-order valence-electron chi connectivity index (χ2n) is 22.3. The summed E-state index contributed by atoms with van der Waals surface area (Å²) in [6.45, 7) is 17.7. The number of hydrogen-bond acceptors (Lipinski definition) is 20. The van der Waals surface area contributed by atoms with E-state index in [1.54, 1.807) is 48.5 Å². The number of aromatic nitrogens is 8. The summed E-state index contributed by atoms with van der Waals surface area (Å²) < 4.78 is 40.3. The van der Waals surface area contributed by atoms with Crippen LogP contribution in [-0.4, -0.2) is 142 Å². The van der Waals surface area contributed by atoms with Crippen LogP contribution in [0.1, 0.15) is 149 Å². The molecule has 90 heavy (non-hydrogen) atoms. The van der Waals surface area contributed by atoms with Crippen molar-refractivity contribution >= 4 is 41.9 Å². The van der Waals surface area contributed by atoms with Gasteiger partial charge in [-0.2, -0.15) is 0 Å². The number of esters is 3. The van der Waals surface area contributed by atoms with Crippen molar-refractivity contribution in [3.63, 3.8) is 0 Å². The second-order valence-corrected chi connectivity index (χ2v) is 22.3. The zero-order valence-corrected chi connectivity index (χ0v) is 52.9. The number of carbonyl (C=O) groups is 7. The van der Waals surface area contributed by atoms with Crippen LogP contribution in [-0.2, 0) is 73.8 Å². The van der Waals surface area contributed by atoms with E-state index in [1.165, 1.54) is 16.3 Å². The maximum absolute atomic E-state index is 12.7. The molecule has 0 saturated heterocycles. The molecule has 4 aromatic carbocycles. The molecule has 2 atom stereocenters. The summed E-state index contributed by atoms with van der Waals surface area (Å²) in [5, 5.41) is 35.0. The molecule has 0 fully saturated rings. The molecule has 0 radical (unpaired) electrons. The minimum Gasteiger partial charge on any atom is -0.466 e. The summed E-state index contributed by atoms with van der Waals surface area (Å²) in [4.78, 5) is 83.6. The lowest BCUT2D eigenvalue weighted by atomic mass is 9.95. The molecule has 2 heterocycles. The molecule has 26 heteroatoms. The van der Waals surface area contributed by atoms with E-state index in [4.69, 9.17) is 28.4 Å². The number of rotatable bonds is 33. The van der Waals surface area contributed by atoms with E-state index in [-0.39, 0.29) is 82.5 Å². The predicted octanol–water partition coefficient (Wildman–Crippen LogP) is 8.26. The van der Waals surface area contributed by atoms with Gasteiger partial charge in [0.05, 0.1) is 70.5 Å². The van der Waals surface area contributed by atoms with Gasteiger partial charge in [-0.15, -0.1) is 10.2 Å². The third-order valence-electron chi connectivity index (χ3n) is 12.5. The molecule has 0 aliphatic carbocycles. The summed E-state index contributed by atoms with van der Waals surface area (Å²) in [6.07, 6.45) is 3.32. The van der Waals surface area contributed by atoms with Gasteiger partial charge in [0.1, 0.15) is 25.3 Å². The maximum Gasteiger partial charge on any atom is 0.407 e. The van der Waals surface area contributed by atoms with Crippen molar-refractivity contribution in [2.45, 2.75) is 132 Å². The van der Waals surface area contributed by atoms with Crippen LogP contribution >= 0.6 is 0 Å². The van der Waals surface area contributed by atoms with Crippen molar-refractivity contribution in [1.29, 1.82) is 0 Å². The van der Waals surface area contributed by atoms with Crippen molar-refractivity contribution in [2.75, 3.05) is 59.3 Å². The Kier molecular flexibility index (Phi) is 33.5. The summed E-state index contributed by atoms with van der Waals surface area (Å²) in [6, 6.07) is 35.7. The van der Waals surface area contributed by atoms with Crippen molar-refractivity contribution < 1.29 is 66.7 Å². The summed E-state index contributed by atoms with van der Waals surface area (Å²) >= 11 is 0. The molecule has 26 nitrogen and oxygen atoms in total. The number of unbranched alkanes of at least 4 members (excludes halogenated alkanes) is 3. The van der Waals surface area contributed by atoms with E-state index in [9.17, 15) is 33.6 Å². The van der Waals surface area contributed by atoms with Crippen LogP contribution in [0.5, 0.6) is 0 Å². The molecule has 2 aromatic heterocycles. The lowest BCUT2D eigenvalue weighted by Gasteiger charge is -2.24. The highest BCUT2D eigenvalue weighted by atomic mass is 16.6. The van der Waals surface area contributed by atoms with Crippen LogP contribution < -0.4 is 21.3 Å². The third-order valence-corrected chi connectivity index (χ3v) is 12.5. The summed E-state index contributed by atoms with van der Waals surface area (Å²) in [5.74, 6) is -0.490. The first-order valence-corrected chi connectivity index (χ1v) is 30.0. The maximum atomic E-state index is 12.7. The molecule has 0 saturated carbocycles. The second kappa shape index (κ2) is 41.1. The lowest BCUT2D eigenvalue weighted by Crippen LogP contribution is -2.40. The lowest BCUT2D eigenvalue weighted by molar-refractivity contribution is -0.141. The first-order valence-electron chi connectivity index (χ1n) is 30.0. The number of carbonyl (C=O) groups excluding carboxylic acids is 7. The van der Waals surface area contributed by atoms with Crippen molar-refractivity contribution in [3.05, 3.63) is 155 Å². The molecule has 488 valence electrons. The van der Waals surface area contributed by atoms with E-state index in [0.717, 1.165) is 24.0 Å². The van der Waals surface area contributed by atoms with Gasteiger partial charge in [-0.3, -0.25) is 14.4 Å². The number of ether oxygens (including phenoxy) is 7. The third kappa shape index (κ3) is 30.2. The van der Waals surface area contributed by atoms with Gasteiger partial charge in [-0.05, 0) is 88.4 Å². The molecule has 6 rings (SSSR count). The summed E-state index contributed by atoms with van der Waals surface area (Å²) in [5.41, 5.74) is 1.76. The van der Waals surface area contributed by atoms with E-state index < -0.39 is 35.1 Å². The van der Waals surface area contributed by atoms with Gasteiger partial charge in [-0.1, -0.05) is 152 Å². The Balaban J connectivity index is 0.000000342. The van der Waals surface area contributed by atoms with Gasteiger partial charge in [0.2, 0.25) is 11.8 Å². The molecular weight excluding hydrogens is 1160 g/mol. The Labute approximate surface area is 526 Å². The van der Waals surface area contributed by atoms with Gasteiger partial charge in [0, 0.05) is 30.8 Å². The van der Waals surface area contributed by atoms with E-state index in [1.807, 2.05) is 114 Å². The fraction of sp³-hybridized carbons (Fsp3) is 0.484. The van der Waals surface area contributed by atoms with Crippen molar-refractivity contribution in [3.8, 4) is 0 Å². The Hall–Kier alpha value is -9.17. The molecule has 4 amide bonds. The number of amides is 4. The molecule has 6 aromatic rings. The normalized spacial score (nSPS) is 11.6. The van der Waals surface area contributed by atoms with Gasteiger partial charge in [0.25, 0.3) is 0 Å². The molecule has 0 unspecified atom stereocenters. The standard InChI is InChI=1S/2C29H38N6O6.C6H12O2/c2*1-29(2,3)27(37)31-24(21-39-20-22-12-6-4-7-13-22)25-32-33-34-35(25)17-19-41-28(38)30-16-10-11-18-40-26(36)23-14-8-5-9-15-23;1-3-4-5-8-6(2)7/h2*4-9,12-15,24H,10-11,16-21H2,1-3H3,(H,30,38)(H,31,37);3-5H2,1-2H3/t2*24-;/m11./s1. The molecular formula is C64H88N12O14. The smallest absolute Gasteiger partial charge is 0.407 e. The van der Waals surface area contributed by atoms with Gasteiger partial charge in [0.15, 0.2) is 11.6 Å². The topological polar surface area (TPSA) is 319 Å². The van der Waals surface area contributed by atoms with Crippen LogP contribution in [0.15, 0.2) is 121 Å². The molecule has 0 aliphatic rings. The van der Waals surface area contributed by atoms with Crippen LogP contribution in [0.4, 0.5) is 9.59 Å². The fourth-order valence-corrected chi connectivity index (χ4v) is 7.48. The average Bonchev–Trinajstić information content (AvgIpc) is 2.53. The molecule has 0 bridgehead atoms. The Morgan fingerprint density at radius 2 is 0.833 bits per heavy atom. The highest BCUT2D eigenvalue weighted by Crippen LogP contribution is 2.20. The largest absolute Gasteiger partial charge is 0.466 e. The number of benzene rings is 4. The van der Waals surface area contributed by atoms with E-state index in [0.29, 0.717) is 81.4 Å². The molecule has 4 N–H and O–H groups in total. The van der Waals surface area contributed by atoms with E-state index in [2.05, 4.69) is 64.0 Å². The zero-order chi connectivity index (χ0) is 65.4. The Morgan fingerprint density at radius 1 is 0.467 bits per heavy atom. The first kappa shape index (κ1) is 73.3. The summed E-state index contributed by atoms with van der Waals surface area (Å²) in [7, 11) is 0. The number of tetrazole rings is 2. The fourth-order valence-electron chi connectivity index (χ4n) is 7.48. The van der Waals surface area contributed by atoms with E-state index >= 15 is 0 Å². The zero-order valence-electron chi connectivity index (χ0n) is 52.9.